The number of amides is 1. The fourth-order valence-electron chi connectivity index (χ4n) is 1.85. The molecule has 0 unspecified atom stereocenters. The molecule has 0 spiro atoms. The van der Waals surface area contributed by atoms with Crippen LogP contribution in [0.3, 0.4) is 0 Å². The first kappa shape index (κ1) is 16.6. The first-order chi connectivity index (χ1) is 10.9. The van der Waals surface area contributed by atoms with Gasteiger partial charge in [0.05, 0.1) is 0 Å². The van der Waals surface area contributed by atoms with Gasteiger partial charge in [0, 0.05) is 18.2 Å². The molecule has 0 bridgehead atoms. The number of carbonyl (C=O) groups is 1. The standard InChI is InChI=1S/C17H14F3NO2/c18-17(19,20)23-15-9-5-4-8-14(15)12-21-16(22)11-10-13-6-2-1-3-7-13/h1-11H,12H2,(H,21,22)/b11-10+. The van der Waals surface area contributed by atoms with Crippen LogP contribution in [-0.4, -0.2) is 12.3 Å². The Morgan fingerprint density at radius 2 is 1.70 bits per heavy atom. The third-order valence-corrected chi connectivity index (χ3v) is 2.88. The molecule has 0 aliphatic heterocycles. The van der Waals surface area contributed by atoms with Gasteiger partial charge in [-0.15, -0.1) is 13.2 Å². The molecule has 0 heterocycles. The molecule has 23 heavy (non-hydrogen) atoms. The van der Waals surface area contributed by atoms with Crippen molar-refractivity contribution in [3.8, 4) is 5.75 Å². The first-order valence-electron chi connectivity index (χ1n) is 6.79. The normalized spacial score (nSPS) is 11.4. The van der Waals surface area contributed by atoms with E-state index in [0.29, 0.717) is 0 Å². The summed E-state index contributed by atoms with van der Waals surface area (Å²) in [4.78, 5) is 11.7. The summed E-state index contributed by atoms with van der Waals surface area (Å²) in [6.45, 7) is -0.0653. The maximum Gasteiger partial charge on any atom is 0.573 e. The van der Waals surface area contributed by atoms with E-state index in [0.717, 1.165) is 5.56 Å². The van der Waals surface area contributed by atoms with E-state index < -0.39 is 12.3 Å². The van der Waals surface area contributed by atoms with E-state index in [2.05, 4.69) is 10.1 Å². The molecule has 2 aromatic carbocycles. The summed E-state index contributed by atoms with van der Waals surface area (Å²) in [6, 6.07) is 14.9. The summed E-state index contributed by atoms with van der Waals surface area (Å²) >= 11 is 0. The molecule has 1 amide bonds. The maximum absolute atomic E-state index is 12.3. The third-order valence-electron chi connectivity index (χ3n) is 2.88. The fraction of sp³-hybridized carbons (Fsp3) is 0.118. The molecule has 0 aliphatic rings. The van der Waals surface area contributed by atoms with Crippen LogP contribution in [0.4, 0.5) is 13.2 Å². The Balaban J connectivity index is 1.95. The average Bonchev–Trinajstić information content (AvgIpc) is 2.51. The predicted octanol–water partition coefficient (Wildman–Crippen LogP) is 3.91. The van der Waals surface area contributed by atoms with Gasteiger partial charge in [-0.2, -0.15) is 0 Å². The zero-order valence-corrected chi connectivity index (χ0v) is 12.0. The lowest BCUT2D eigenvalue weighted by atomic mass is 10.2. The number of halogens is 3. The van der Waals surface area contributed by atoms with Gasteiger partial charge in [0.25, 0.3) is 0 Å². The Bertz CT molecular complexity index is 682. The molecule has 6 heteroatoms. The lowest BCUT2D eigenvalue weighted by Gasteiger charge is -2.13. The van der Waals surface area contributed by atoms with Crippen LogP contribution in [-0.2, 0) is 11.3 Å². The number of carbonyl (C=O) groups excluding carboxylic acids is 1. The van der Waals surface area contributed by atoms with E-state index in [9.17, 15) is 18.0 Å². The van der Waals surface area contributed by atoms with E-state index >= 15 is 0 Å². The fourth-order valence-corrected chi connectivity index (χ4v) is 1.85. The van der Waals surface area contributed by atoms with Crippen molar-refractivity contribution in [2.45, 2.75) is 12.9 Å². The zero-order valence-electron chi connectivity index (χ0n) is 12.0. The van der Waals surface area contributed by atoms with Crippen molar-refractivity contribution < 1.29 is 22.7 Å². The molecule has 0 radical (unpaired) electrons. The Labute approximate surface area is 131 Å². The molecule has 120 valence electrons. The van der Waals surface area contributed by atoms with Crippen LogP contribution in [0.5, 0.6) is 5.75 Å². The second kappa shape index (κ2) is 7.49. The molecule has 0 atom stereocenters. The van der Waals surface area contributed by atoms with Gasteiger partial charge in [0.1, 0.15) is 5.75 Å². The number of alkyl halides is 3. The highest BCUT2D eigenvalue weighted by Crippen LogP contribution is 2.26. The van der Waals surface area contributed by atoms with Crippen LogP contribution in [0, 0.1) is 0 Å². The quantitative estimate of drug-likeness (QED) is 0.848. The minimum atomic E-state index is -4.77. The third kappa shape index (κ3) is 5.86. The van der Waals surface area contributed by atoms with Crippen LogP contribution in [0.15, 0.2) is 60.7 Å². The van der Waals surface area contributed by atoms with E-state index in [4.69, 9.17) is 0 Å². The van der Waals surface area contributed by atoms with E-state index in [-0.39, 0.29) is 17.9 Å². The number of para-hydroxylation sites is 1. The Morgan fingerprint density at radius 1 is 1.04 bits per heavy atom. The van der Waals surface area contributed by atoms with Gasteiger partial charge in [0.15, 0.2) is 0 Å². The minimum Gasteiger partial charge on any atom is -0.405 e. The second-order valence-electron chi connectivity index (χ2n) is 4.62. The van der Waals surface area contributed by atoms with Crippen molar-refractivity contribution in [2.75, 3.05) is 0 Å². The van der Waals surface area contributed by atoms with Crippen molar-refractivity contribution in [1.29, 1.82) is 0 Å². The lowest BCUT2D eigenvalue weighted by molar-refractivity contribution is -0.274. The number of rotatable bonds is 5. The molecule has 0 saturated carbocycles. The molecule has 0 saturated heterocycles. The molecule has 0 fully saturated rings. The molecule has 0 aliphatic carbocycles. The Morgan fingerprint density at radius 3 is 2.39 bits per heavy atom. The number of benzene rings is 2. The van der Waals surface area contributed by atoms with Gasteiger partial charge in [-0.1, -0.05) is 48.5 Å². The molecular weight excluding hydrogens is 307 g/mol. The Hall–Kier alpha value is -2.76. The molecule has 1 N–H and O–H groups in total. The van der Waals surface area contributed by atoms with E-state index in [1.54, 1.807) is 12.1 Å². The van der Waals surface area contributed by atoms with Gasteiger partial charge in [0.2, 0.25) is 5.91 Å². The SMILES string of the molecule is O=C(/C=C/c1ccccc1)NCc1ccccc1OC(F)(F)F. The number of nitrogens with one attached hydrogen (secondary N) is 1. The second-order valence-corrected chi connectivity index (χ2v) is 4.62. The topological polar surface area (TPSA) is 38.3 Å². The molecular formula is C17H14F3NO2. The van der Waals surface area contributed by atoms with Gasteiger partial charge < -0.3 is 10.1 Å². The molecule has 0 aromatic heterocycles. The van der Waals surface area contributed by atoms with Crippen molar-refractivity contribution >= 4 is 12.0 Å². The molecule has 3 nitrogen and oxygen atoms in total. The van der Waals surface area contributed by atoms with Crippen molar-refractivity contribution in [3.63, 3.8) is 0 Å². The summed E-state index contributed by atoms with van der Waals surface area (Å²) in [6.07, 6.45) is -1.83. The van der Waals surface area contributed by atoms with Crippen LogP contribution < -0.4 is 10.1 Å². The van der Waals surface area contributed by atoms with Crippen LogP contribution in [0.1, 0.15) is 11.1 Å². The number of hydrogen-bond acceptors (Lipinski definition) is 2. The van der Waals surface area contributed by atoms with E-state index in [1.165, 1.54) is 24.3 Å². The lowest BCUT2D eigenvalue weighted by Crippen LogP contribution is -2.22. The van der Waals surface area contributed by atoms with Crippen molar-refractivity contribution in [2.24, 2.45) is 0 Å². The highest BCUT2D eigenvalue weighted by Gasteiger charge is 2.31. The summed E-state index contributed by atoms with van der Waals surface area (Å²) < 4.78 is 40.8. The predicted molar refractivity (Wildman–Crippen MR) is 80.4 cm³/mol. The van der Waals surface area contributed by atoms with Crippen LogP contribution in [0.2, 0.25) is 0 Å². The summed E-state index contributed by atoms with van der Waals surface area (Å²) in [5, 5.41) is 2.52. The van der Waals surface area contributed by atoms with Crippen molar-refractivity contribution in [3.05, 3.63) is 71.8 Å². The Kier molecular flexibility index (Phi) is 5.41. The number of hydrogen-bond donors (Lipinski definition) is 1. The van der Waals surface area contributed by atoms with E-state index in [1.807, 2.05) is 30.3 Å². The van der Waals surface area contributed by atoms with Gasteiger partial charge in [-0.05, 0) is 17.7 Å². The monoisotopic (exact) mass is 321 g/mol. The smallest absolute Gasteiger partial charge is 0.405 e. The maximum atomic E-state index is 12.3. The summed E-state index contributed by atoms with van der Waals surface area (Å²) in [5.74, 6) is -0.733. The van der Waals surface area contributed by atoms with Crippen LogP contribution >= 0.6 is 0 Å². The van der Waals surface area contributed by atoms with Gasteiger partial charge in [-0.3, -0.25) is 4.79 Å². The zero-order chi connectivity index (χ0) is 16.7. The number of ether oxygens (including phenoxy) is 1. The van der Waals surface area contributed by atoms with Gasteiger partial charge >= 0.3 is 6.36 Å². The van der Waals surface area contributed by atoms with Crippen LogP contribution in [0.25, 0.3) is 6.08 Å². The largest absolute Gasteiger partial charge is 0.573 e. The van der Waals surface area contributed by atoms with Crippen molar-refractivity contribution in [1.82, 2.24) is 5.32 Å². The first-order valence-corrected chi connectivity index (χ1v) is 6.79. The van der Waals surface area contributed by atoms with Gasteiger partial charge in [-0.25, -0.2) is 0 Å². The molecule has 2 rings (SSSR count). The highest BCUT2D eigenvalue weighted by molar-refractivity contribution is 5.91. The highest BCUT2D eigenvalue weighted by atomic mass is 19.4. The summed E-state index contributed by atoms with van der Waals surface area (Å²) in [7, 11) is 0. The average molecular weight is 321 g/mol. The molecule has 2 aromatic rings. The summed E-state index contributed by atoms with van der Waals surface area (Å²) in [5.41, 5.74) is 1.09. The minimum absolute atomic E-state index is 0.0653.